The summed E-state index contributed by atoms with van der Waals surface area (Å²) in [6.07, 6.45) is 2.39. The van der Waals surface area contributed by atoms with Gasteiger partial charge in [-0.05, 0) is 43.7 Å². The molecule has 0 unspecified atom stereocenters. The summed E-state index contributed by atoms with van der Waals surface area (Å²) in [4.78, 5) is 36.9. The Bertz CT molecular complexity index is 713. The van der Waals surface area contributed by atoms with E-state index in [0.29, 0.717) is 16.8 Å². The maximum absolute atomic E-state index is 12.1. The number of rotatable bonds is 2. The number of phenolic OH excluding ortho intramolecular Hbond substituents is 1. The molecule has 0 radical (unpaired) electrons. The fourth-order valence-electron chi connectivity index (χ4n) is 2.09. The molecule has 1 aliphatic carbocycles. The minimum atomic E-state index is -0.395. The van der Waals surface area contributed by atoms with Crippen molar-refractivity contribution in [2.75, 3.05) is 4.90 Å². The van der Waals surface area contributed by atoms with E-state index < -0.39 is 5.78 Å². The number of aromatic hydroxyl groups is 1. The van der Waals surface area contributed by atoms with Crippen LogP contribution < -0.4 is 4.90 Å². The predicted octanol–water partition coefficient (Wildman–Crippen LogP) is 2.04. The number of carbonyl (C=O) groups is 3. The molecule has 0 saturated heterocycles. The normalized spacial score (nSPS) is 14.6. The molecule has 0 spiro atoms. The maximum Gasteiger partial charge on any atom is 0.228 e. The number of benzene rings is 1. The van der Waals surface area contributed by atoms with Crippen molar-refractivity contribution in [3.05, 3.63) is 47.2 Å². The van der Waals surface area contributed by atoms with Gasteiger partial charge in [-0.3, -0.25) is 19.3 Å². The number of hydrogen-bond donors (Lipinski definition) is 1. The first-order chi connectivity index (χ1) is 9.81. The highest BCUT2D eigenvalue weighted by atomic mass is 16.3. The quantitative estimate of drug-likeness (QED) is 0.844. The van der Waals surface area contributed by atoms with E-state index in [1.807, 2.05) is 0 Å². The lowest BCUT2D eigenvalue weighted by molar-refractivity contribution is -0.118. The SMILES string of the molecule is CC(=O)N(C1=CC(=O)C(C)=CC1=O)c1ccc(O)c(C)c1. The topological polar surface area (TPSA) is 74.7 Å². The van der Waals surface area contributed by atoms with Crippen LogP contribution in [-0.2, 0) is 14.4 Å². The second-order valence-corrected chi connectivity index (χ2v) is 4.91. The summed E-state index contributed by atoms with van der Waals surface area (Å²) in [7, 11) is 0. The number of anilines is 1. The molecule has 108 valence electrons. The van der Waals surface area contributed by atoms with Crippen LogP contribution in [0.25, 0.3) is 0 Å². The third kappa shape index (κ3) is 2.76. The molecule has 5 nitrogen and oxygen atoms in total. The lowest BCUT2D eigenvalue weighted by Crippen LogP contribution is -2.33. The number of carbonyl (C=O) groups excluding carboxylic acids is 3. The van der Waals surface area contributed by atoms with Crippen molar-refractivity contribution in [1.29, 1.82) is 0 Å². The summed E-state index contributed by atoms with van der Waals surface area (Å²) in [5.74, 6) is -0.988. The second kappa shape index (κ2) is 5.36. The number of allylic oxidation sites excluding steroid dienone is 3. The van der Waals surface area contributed by atoms with E-state index in [9.17, 15) is 19.5 Å². The Labute approximate surface area is 122 Å². The Morgan fingerprint density at radius 3 is 2.33 bits per heavy atom. The van der Waals surface area contributed by atoms with Crippen LogP contribution in [0, 0.1) is 6.92 Å². The van der Waals surface area contributed by atoms with Gasteiger partial charge < -0.3 is 5.11 Å². The molecule has 1 N–H and O–H groups in total. The summed E-state index contributed by atoms with van der Waals surface area (Å²) in [5.41, 5.74) is 1.36. The summed E-state index contributed by atoms with van der Waals surface area (Å²) in [6, 6.07) is 4.55. The second-order valence-electron chi connectivity index (χ2n) is 4.91. The maximum atomic E-state index is 12.1. The molecule has 1 aliphatic rings. The summed E-state index contributed by atoms with van der Waals surface area (Å²) < 4.78 is 0. The van der Waals surface area contributed by atoms with E-state index in [1.54, 1.807) is 19.9 Å². The van der Waals surface area contributed by atoms with Gasteiger partial charge in [0.25, 0.3) is 0 Å². The van der Waals surface area contributed by atoms with Crippen LogP contribution >= 0.6 is 0 Å². The van der Waals surface area contributed by atoms with Crippen LogP contribution in [-0.4, -0.2) is 22.6 Å². The molecule has 2 rings (SSSR count). The first kappa shape index (κ1) is 14.7. The van der Waals surface area contributed by atoms with Gasteiger partial charge in [0.1, 0.15) is 11.4 Å². The molecule has 5 heteroatoms. The van der Waals surface area contributed by atoms with Crippen molar-refractivity contribution >= 4 is 23.2 Å². The average Bonchev–Trinajstić information content (AvgIpc) is 2.39. The van der Waals surface area contributed by atoms with E-state index in [4.69, 9.17) is 0 Å². The van der Waals surface area contributed by atoms with Gasteiger partial charge in [0, 0.05) is 24.3 Å². The Morgan fingerprint density at radius 1 is 1.10 bits per heavy atom. The van der Waals surface area contributed by atoms with Gasteiger partial charge in [-0.25, -0.2) is 0 Å². The number of hydrogen-bond acceptors (Lipinski definition) is 4. The molecule has 1 aromatic carbocycles. The smallest absolute Gasteiger partial charge is 0.228 e. The monoisotopic (exact) mass is 285 g/mol. The molecule has 0 bridgehead atoms. The highest BCUT2D eigenvalue weighted by molar-refractivity contribution is 6.23. The van der Waals surface area contributed by atoms with Crippen molar-refractivity contribution in [2.45, 2.75) is 20.8 Å². The molecule has 0 aromatic heterocycles. The van der Waals surface area contributed by atoms with Crippen molar-refractivity contribution in [2.24, 2.45) is 0 Å². The molecule has 0 atom stereocenters. The zero-order chi connectivity index (χ0) is 15.7. The highest BCUT2D eigenvalue weighted by Gasteiger charge is 2.26. The van der Waals surface area contributed by atoms with Gasteiger partial charge in [-0.15, -0.1) is 0 Å². The van der Waals surface area contributed by atoms with E-state index >= 15 is 0 Å². The zero-order valence-corrected chi connectivity index (χ0v) is 12.0. The average molecular weight is 285 g/mol. The van der Waals surface area contributed by atoms with Gasteiger partial charge in [0.2, 0.25) is 11.7 Å². The highest BCUT2D eigenvalue weighted by Crippen LogP contribution is 2.27. The van der Waals surface area contributed by atoms with Crippen molar-refractivity contribution < 1.29 is 19.5 Å². The first-order valence-electron chi connectivity index (χ1n) is 6.40. The zero-order valence-electron chi connectivity index (χ0n) is 12.0. The van der Waals surface area contributed by atoms with Crippen LogP contribution in [0.15, 0.2) is 41.6 Å². The molecule has 0 heterocycles. The van der Waals surface area contributed by atoms with E-state index in [1.165, 1.54) is 36.1 Å². The van der Waals surface area contributed by atoms with E-state index in [-0.39, 0.29) is 23.1 Å². The third-order valence-corrected chi connectivity index (χ3v) is 3.25. The lowest BCUT2D eigenvalue weighted by Gasteiger charge is -2.24. The van der Waals surface area contributed by atoms with Gasteiger partial charge in [-0.2, -0.15) is 0 Å². The number of phenols is 1. The standard InChI is InChI=1S/C16H15NO4/c1-9-6-12(4-5-14(9)19)17(11(3)18)13-8-15(20)10(2)7-16(13)21/h4-8,19H,1-3H3. The minimum Gasteiger partial charge on any atom is -0.508 e. The van der Waals surface area contributed by atoms with E-state index in [0.717, 1.165) is 0 Å². The third-order valence-electron chi connectivity index (χ3n) is 3.25. The van der Waals surface area contributed by atoms with E-state index in [2.05, 4.69) is 0 Å². The molecule has 1 aromatic rings. The minimum absolute atomic E-state index is 0.0168. The van der Waals surface area contributed by atoms with Crippen molar-refractivity contribution in [1.82, 2.24) is 0 Å². The van der Waals surface area contributed by atoms with Crippen molar-refractivity contribution in [3.63, 3.8) is 0 Å². The number of ketones is 2. The van der Waals surface area contributed by atoms with Crippen LogP contribution in [0.4, 0.5) is 5.69 Å². The summed E-state index contributed by atoms with van der Waals surface area (Å²) in [6.45, 7) is 4.55. The van der Waals surface area contributed by atoms with Gasteiger partial charge >= 0.3 is 0 Å². The van der Waals surface area contributed by atoms with Crippen molar-refractivity contribution in [3.8, 4) is 5.75 Å². The van der Waals surface area contributed by atoms with Crippen LogP contribution in [0.5, 0.6) is 5.75 Å². The molecule has 1 amide bonds. The number of nitrogens with zero attached hydrogens (tertiary/aromatic N) is 1. The Balaban J connectivity index is 2.52. The molecule has 21 heavy (non-hydrogen) atoms. The van der Waals surface area contributed by atoms with Gasteiger partial charge in [0.15, 0.2) is 5.78 Å². The van der Waals surface area contributed by atoms with Crippen LogP contribution in [0.2, 0.25) is 0 Å². The predicted molar refractivity (Wildman–Crippen MR) is 77.9 cm³/mol. The Kier molecular flexibility index (Phi) is 3.76. The summed E-state index contributed by atoms with van der Waals surface area (Å²) >= 11 is 0. The Hall–Kier alpha value is -2.69. The largest absolute Gasteiger partial charge is 0.508 e. The number of aryl methyl sites for hydroxylation is 1. The van der Waals surface area contributed by atoms with Gasteiger partial charge in [-0.1, -0.05) is 0 Å². The Morgan fingerprint density at radius 2 is 1.76 bits per heavy atom. The first-order valence-corrected chi connectivity index (χ1v) is 6.40. The molecule has 0 aliphatic heterocycles. The molecule has 0 saturated carbocycles. The molecule has 0 fully saturated rings. The number of amides is 1. The molecular formula is C16H15NO4. The fraction of sp³-hybridized carbons (Fsp3) is 0.188. The summed E-state index contributed by atoms with van der Waals surface area (Å²) in [5, 5.41) is 9.55. The van der Waals surface area contributed by atoms with Gasteiger partial charge in [0.05, 0.1) is 0 Å². The van der Waals surface area contributed by atoms with Crippen LogP contribution in [0.3, 0.4) is 0 Å². The van der Waals surface area contributed by atoms with Crippen LogP contribution in [0.1, 0.15) is 19.4 Å². The molecular weight excluding hydrogens is 270 g/mol. The fourth-order valence-corrected chi connectivity index (χ4v) is 2.09. The lowest BCUT2D eigenvalue weighted by atomic mass is 10.0.